The first kappa shape index (κ1) is 20.3. The van der Waals surface area contributed by atoms with Crippen LogP contribution < -0.4 is 4.74 Å². The molecule has 1 N–H and O–H groups in total. The first-order chi connectivity index (χ1) is 14.5. The summed E-state index contributed by atoms with van der Waals surface area (Å²) in [5, 5.41) is 29.3. The maximum absolute atomic E-state index is 11.0. The van der Waals surface area contributed by atoms with Gasteiger partial charge in [-0.1, -0.05) is 30.3 Å². The molecule has 30 heavy (non-hydrogen) atoms. The second-order valence-corrected chi connectivity index (χ2v) is 6.30. The van der Waals surface area contributed by atoms with E-state index < -0.39 is 10.9 Å². The highest BCUT2D eigenvalue weighted by molar-refractivity contribution is 5.92. The second-order valence-electron chi connectivity index (χ2n) is 6.30. The van der Waals surface area contributed by atoms with E-state index in [4.69, 9.17) is 9.84 Å². The molecule has 7 nitrogen and oxygen atoms in total. The molecular weight excluding hydrogens is 384 g/mol. The molecule has 0 fully saturated rings. The molecular formula is C23H16N2O5. The number of allylic oxidation sites excluding steroid dienone is 1. The van der Waals surface area contributed by atoms with Crippen molar-refractivity contribution in [2.45, 2.75) is 6.61 Å². The van der Waals surface area contributed by atoms with E-state index in [9.17, 15) is 20.2 Å². The average molecular weight is 400 g/mol. The number of nitro groups is 1. The van der Waals surface area contributed by atoms with E-state index in [1.165, 1.54) is 24.3 Å². The lowest BCUT2D eigenvalue weighted by molar-refractivity contribution is -0.384. The highest BCUT2D eigenvalue weighted by atomic mass is 16.6. The minimum atomic E-state index is -1.03. The standard InChI is InChI=1S/C23H16N2O5/c24-14-20(17-7-9-18(10-8-17)23(26)27)13-19-3-1-2-4-22(19)30-15-16-5-11-21(12-6-16)25(28)29/h1-13H,15H2,(H,26,27)/b20-13-. The SMILES string of the molecule is N#C/C(=C/c1ccccc1OCc1ccc([N+](=O)[O-])cc1)c1ccc(C(=O)O)cc1. The number of hydrogen-bond donors (Lipinski definition) is 1. The monoisotopic (exact) mass is 400 g/mol. The van der Waals surface area contributed by atoms with Crippen molar-refractivity contribution in [3.8, 4) is 11.8 Å². The molecule has 0 unspecified atom stereocenters. The average Bonchev–Trinajstić information content (AvgIpc) is 2.77. The maximum atomic E-state index is 11.0. The third kappa shape index (κ3) is 4.88. The first-order valence-electron chi connectivity index (χ1n) is 8.88. The normalized spacial score (nSPS) is 10.8. The number of carboxylic acids is 1. The van der Waals surface area contributed by atoms with Gasteiger partial charge in [0.25, 0.3) is 5.69 Å². The van der Waals surface area contributed by atoms with Crippen molar-refractivity contribution in [3.63, 3.8) is 0 Å². The molecule has 0 radical (unpaired) electrons. The Kier molecular flexibility index (Phi) is 6.20. The number of non-ortho nitro benzene ring substituents is 1. The van der Waals surface area contributed by atoms with E-state index >= 15 is 0 Å². The number of benzene rings is 3. The van der Waals surface area contributed by atoms with Gasteiger partial charge in [0, 0.05) is 17.7 Å². The van der Waals surface area contributed by atoms with Gasteiger partial charge in [-0.3, -0.25) is 10.1 Å². The molecule has 3 rings (SSSR count). The molecule has 148 valence electrons. The number of hydrogen-bond acceptors (Lipinski definition) is 5. The zero-order valence-electron chi connectivity index (χ0n) is 15.7. The third-order valence-electron chi connectivity index (χ3n) is 4.32. The zero-order valence-corrected chi connectivity index (χ0v) is 15.7. The Labute approximate surface area is 172 Å². The summed E-state index contributed by atoms with van der Waals surface area (Å²) in [5.74, 6) is -0.486. The Morgan fingerprint density at radius 1 is 1.03 bits per heavy atom. The Hall–Kier alpha value is -4.44. The lowest BCUT2D eigenvalue weighted by atomic mass is 10.0. The molecule has 0 heterocycles. The molecule has 3 aromatic carbocycles. The predicted molar refractivity (Wildman–Crippen MR) is 111 cm³/mol. The van der Waals surface area contributed by atoms with Gasteiger partial charge in [0.05, 0.1) is 22.1 Å². The van der Waals surface area contributed by atoms with Crippen LogP contribution in [-0.4, -0.2) is 16.0 Å². The number of carboxylic acid groups (broad SMARTS) is 1. The molecule has 0 saturated heterocycles. The van der Waals surface area contributed by atoms with Crippen LogP contribution in [0.3, 0.4) is 0 Å². The fraction of sp³-hybridized carbons (Fsp3) is 0.0435. The number of carbonyl (C=O) groups is 1. The van der Waals surface area contributed by atoms with Gasteiger partial charge in [-0.25, -0.2) is 4.79 Å². The number of nitrogens with zero attached hydrogens (tertiary/aromatic N) is 2. The Bertz CT molecular complexity index is 1140. The van der Waals surface area contributed by atoms with E-state index in [1.807, 2.05) is 6.07 Å². The fourth-order valence-electron chi connectivity index (χ4n) is 2.73. The Balaban J connectivity index is 1.82. The van der Waals surface area contributed by atoms with Gasteiger partial charge in [0.2, 0.25) is 0 Å². The van der Waals surface area contributed by atoms with Gasteiger partial charge in [-0.2, -0.15) is 5.26 Å². The van der Waals surface area contributed by atoms with Crippen LogP contribution in [0.15, 0.2) is 72.8 Å². The summed E-state index contributed by atoms with van der Waals surface area (Å²) >= 11 is 0. The smallest absolute Gasteiger partial charge is 0.335 e. The van der Waals surface area contributed by atoms with Crippen LogP contribution in [0.5, 0.6) is 5.75 Å². The topological polar surface area (TPSA) is 113 Å². The van der Waals surface area contributed by atoms with Crippen LogP contribution in [0, 0.1) is 21.4 Å². The first-order valence-corrected chi connectivity index (χ1v) is 8.88. The van der Waals surface area contributed by atoms with Crippen molar-refractivity contribution in [1.82, 2.24) is 0 Å². The Morgan fingerprint density at radius 2 is 1.67 bits per heavy atom. The maximum Gasteiger partial charge on any atom is 0.335 e. The lowest BCUT2D eigenvalue weighted by Gasteiger charge is -2.10. The summed E-state index contributed by atoms with van der Waals surface area (Å²) < 4.78 is 5.85. The molecule has 0 spiro atoms. The number of nitriles is 1. The van der Waals surface area contributed by atoms with Gasteiger partial charge >= 0.3 is 5.97 Å². The van der Waals surface area contributed by atoms with Crippen LogP contribution in [-0.2, 0) is 6.61 Å². The molecule has 0 saturated carbocycles. The van der Waals surface area contributed by atoms with Crippen molar-refractivity contribution in [3.05, 3.63) is 105 Å². The van der Waals surface area contributed by atoms with Crippen molar-refractivity contribution < 1.29 is 19.6 Å². The summed E-state index contributed by atoms with van der Waals surface area (Å²) in [6.45, 7) is 0.206. The van der Waals surface area contributed by atoms with Crippen LogP contribution in [0.4, 0.5) is 5.69 Å². The summed E-state index contributed by atoms with van der Waals surface area (Å²) in [6, 6.07) is 21.4. The second kappa shape index (κ2) is 9.17. The van der Waals surface area contributed by atoms with Crippen LogP contribution in [0.2, 0.25) is 0 Å². The molecule has 0 aliphatic carbocycles. The molecule has 0 bridgehead atoms. The Morgan fingerprint density at radius 3 is 2.27 bits per heavy atom. The van der Waals surface area contributed by atoms with Crippen LogP contribution in [0.25, 0.3) is 11.6 Å². The van der Waals surface area contributed by atoms with Crippen molar-refractivity contribution in [1.29, 1.82) is 5.26 Å². The van der Waals surface area contributed by atoms with Crippen LogP contribution >= 0.6 is 0 Å². The molecule has 0 amide bonds. The van der Waals surface area contributed by atoms with E-state index in [2.05, 4.69) is 6.07 Å². The largest absolute Gasteiger partial charge is 0.488 e. The van der Waals surface area contributed by atoms with Gasteiger partial charge in [0.15, 0.2) is 0 Å². The number of rotatable bonds is 7. The van der Waals surface area contributed by atoms with Crippen molar-refractivity contribution in [2.24, 2.45) is 0 Å². The fourth-order valence-corrected chi connectivity index (χ4v) is 2.73. The molecule has 0 atom stereocenters. The van der Waals surface area contributed by atoms with Crippen LogP contribution in [0.1, 0.15) is 27.0 Å². The zero-order chi connectivity index (χ0) is 21.5. The van der Waals surface area contributed by atoms with E-state index in [-0.39, 0.29) is 17.9 Å². The predicted octanol–water partition coefficient (Wildman–Crippen LogP) is 4.94. The van der Waals surface area contributed by atoms with Crippen molar-refractivity contribution in [2.75, 3.05) is 0 Å². The molecule has 3 aromatic rings. The van der Waals surface area contributed by atoms with E-state index in [1.54, 1.807) is 48.5 Å². The molecule has 0 aliphatic rings. The number of ether oxygens (including phenoxy) is 1. The molecule has 0 aromatic heterocycles. The van der Waals surface area contributed by atoms with Gasteiger partial charge in [-0.15, -0.1) is 0 Å². The quantitative estimate of drug-likeness (QED) is 0.260. The molecule has 0 aliphatic heterocycles. The summed E-state index contributed by atoms with van der Waals surface area (Å²) in [6.07, 6.45) is 1.67. The van der Waals surface area contributed by atoms with Crippen molar-refractivity contribution >= 4 is 23.3 Å². The highest BCUT2D eigenvalue weighted by Crippen LogP contribution is 2.26. The van der Waals surface area contributed by atoms with E-state index in [0.717, 1.165) is 5.56 Å². The highest BCUT2D eigenvalue weighted by Gasteiger charge is 2.08. The summed E-state index contributed by atoms with van der Waals surface area (Å²) in [5.41, 5.74) is 2.55. The molecule has 7 heteroatoms. The number of para-hydroxylation sites is 1. The number of nitro benzene ring substituents is 1. The van der Waals surface area contributed by atoms with E-state index in [0.29, 0.717) is 22.4 Å². The minimum Gasteiger partial charge on any atom is -0.488 e. The van der Waals surface area contributed by atoms with Gasteiger partial charge in [-0.05, 0) is 47.5 Å². The lowest BCUT2D eigenvalue weighted by Crippen LogP contribution is -1.98. The van der Waals surface area contributed by atoms with Gasteiger partial charge in [0.1, 0.15) is 12.4 Å². The number of aromatic carboxylic acids is 1. The summed E-state index contributed by atoms with van der Waals surface area (Å²) in [7, 11) is 0. The minimum absolute atomic E-state index is 0.00895. The van der Waals surface area contributed by atoms with Gasteiger partial charge < -0.3 is 9.84 Å². The third-order valence-corrected chi connectivity index (χ3v) is 4.32. The summed E-state index contributed by atoms with van der Waals surface area (Å²) in [4.78, 5) is 21.3.